The molecule has 0 fully saturated rings. The molecule has 0 saturated heterocycles. The molecular weight excluding hydrogens is 199 g/mol. The van der Waals surface area contributed by atoms with Crippen LogP contribution in [0.15, 0.2) is 0 Å². The maximum Gasteiger partial charge on any atom is 0.418 e. The fraction of sp³-hybridized carbons (Fsp3) is 1.00. The van der Waals surface area contributed by atoms with E-state index in [1.807, 2.05) is 6.92 Å². The second-order valence-electron chi connectivity index (χ2n) is 2.11. The molecular formula is C6H16O6P+. The topological polar surface area (TPSA) is 88.4 Å². The van der Waals surface area contributed by atoms with Gasteiger partial charge in [-0.3, -0.25) is 0 Å². The molecule has 0 aliphatic carbocycles. The third kappa shape index (κ3) is 4.83. The van der Waals surface area contributed by atoms with Gasteiger partial charge in [0.05, 0.1) is 0 Å². The van der Waals surface area contributed by atoms with Crippen LogP contribution < -0.4 is 0 Å². The third-order valence-electron chi connectivity index (χ3n) is 1.26. The summed E-state index contributed by atoms with van der Waals surface area (Å²) in [4.78, 5) is 0. The normalized spacial score (nSPS) is 12.0. The van der Waals surface area contributed by atoms with Crippen molar-refractivity contribution in [3.05, 3.63) is 0 Å². The summed E-state index contributed by atoms with van der Waals surface area (Å²) in [5, 5.41) is 25.7. The lowest BCUT2D eigenvalue weighted by Crippen LogP contribution is -2.12. The van der Waals surface area contributed by atoms with Gasteiger partial charge in [0.15, 0.2) is 20.4 Å². The molecule has 0 aliphatic rings. The first-order chi connectivity index (χ1) is 6.24. The Hall–Kier alpha value is 0.190. The molecule has 0 amide bonds. The molecule has 13 heavy (non-hydrogen) atoms. The van der Waals surface area contributed by atoms with Crippen molar-refractivity contribution in [3.63, 3.8) is 0 Å². The zero-order valence-electron chi connectivity index (χ0n) is 7.55. The number of hydrogen-bond acceptors (Lipinski definition) is 6. The van der Waals surface area contributed by atoms with Crippen LogP contribution in [0.25, 0.3) is 0 Å². The fourth-order valence-electron chi connectivity index (χ4n) is 0.843. The summed E-state index contributed by atoms with van der Waals surface area (Å²) in [6.45, 7) is 0.187. The molecule has 0 spiro atoms. The fourth-order valence-corrected chi connectivity index (χ4v) is 2.53. The van der Waals surface area contributed by atoms with Crippen LogP contribution >= 0.6 is 7.94 Å². The highest BCUT2D eigenvalue weighted by Crippen LogP contribution is 2.61. The maximum absolute atomic E-state index is 8.56. The number of hydrogen-bond donors (Lipinski definition) is 3. The average molecular weight is 215 g/mol. The number of rotatable bonds is 8. The van der Waals surface area contributed by atoms with E-state index in [0.29, 0.717) is 12.6 Å². The van der Waals surface area contributed by atoms with Gasteiger partial charge in [-0.15, -0.1) is 13.6 Å². The SMILES string of the molecule is CCC[P+](OCO)(OCO)OCO. The summed E-state index contributed by atoms with van der Waals surface area (Å²) < 4.78 is 14.6. The standard InChI is InChI=1S/C6H16O6P/c1-2-3-13(10-4-7,11-5-8)12-6-9/h7-9H,2-6H2,1H3/q+1. The van der Waals surface area contributed by atoms with E-state index in [2.05, 4.69) is 0 Å². The number of aliphatic hydroxyl groups excluding tert-OH is 3. The summed E-state index contributed by atoms with van der Waals surface area (Å²) in [7, 11) is -2.75. The quantitative estimate of drug-likeness (QED) is 0.392. The van der Waals surface area contributed by atoms with Crippen LogP contribution in [0.1, 0.15) is 13.3 Å². The van der Waals surface area contributed by atoms with Crippen molar-refractivity contribution in [2.75, 3.05) is 26.5 Å². The summed E-state index contributed by atoms with van der Waals surface area (Å²) in [5.41, 5.74) is 0. The molecule has 0 aromatic heterocycles. The Morgan fingerprint density at radius 3 is 1.54 bits per heavy atom. The van der Waals surface area contributed by atoms with Crippen LogP contribution in [-0.4, -0.2) is 41.9 Å². The van der Waals surface area contributed by atoms with Crippen LogP contribution in [0.3, 0.4) is 0 Å². The second-order valence-corrected chi connectivity index (χ2v) is 4.55. The Kier molecular flexibility index (Phi) is 7.69. The van der Waals surface area contributed by atoms with Gasteiger partial charge in [0, 0.05) is 0 Å². The van der Waals surface area contributed by atoms with E-state index in [1.165, 1.54) is 0 Å². The molecule has 0 radical (unpaired) electrons. The molecule has 0 aliphatic heterocycles. The molecule has 6 nitrogen and oxygen atoms in total. The Morgan fingerprint density at radius 2 is 1.31 bits per heavy atom. The summed E-state index contributed by atoms with van der Waals surface area (Å²) in [5.74, 6) is 0. The van der Waals surface area contributed by atoms with Crippen molar-refractivity contribution in [1.29, 1.82) is 0 Å². The van der Waals surface area contributed by atoms with Gasteiger partial charge in [-0.2, -0.15) is 0 Å². The summed E-state index contributed by atoms with van der Waals surface area (Å²) >= 11 is 0. The van der Waals surface area contributed by atoms with Gasteiger partial charge in [0.25, 0.3) is 0 Å². The summed E-state index contributed by atoms with van der Waals surface area (Å²) in [6, 6.07) is 0. The van der Waals surface area contributed by atoms with Crippen LogP contribution in [0.4, 0.5) is 0 Å². The minimum atomic E-state index is -2.75. The third-order valence-corrected chi connectivity index (χ3v) is 3.78. The predicted octanol–water partition coefficient (Wildman–Crippen LogP) is 0.0582. The van der Waals surface area contributed by atoms with Gasteiger partial charge in [0.1, 0.15) is 6.16 Å². The zero-order chi connectivity index (χ0) is 10.2. The molecule has 0 atom stereocenters. The van der Waals surface area contributed by atoms with Gasteiger partial charge in [0.2, 0.25) is 0 Å². The lowest BCUT2D eigenvalue weighted by Gasteiger charge is -2.18. The monoisotopic (exact) mass is 215 g/mol. The molecule has 80 valence electrons. The molecule has 0 aromatic carbocycles. The first kappa shape index (κ1) is 13.2. The van der Waals surface area contributed by atoms with Gasteiger partial charge < -0.3 is 15.3 Å². The Labute approximate surface area is 77.6 Å². The lowest BCUT2D eigenvalue weighted by molar-refractivity contribution is -0.0111. The van der Waals surface area contributed by atoms with E-state index in [1.54, 1.807) is 0 Å². The van der Waals surface area contributed by atoms with E-state index in [4.69, 9.17) is 28.9 Å². The van der Waals surface area contributed by atoms with Crippen molar-refractivity contribution >= 4 is 7.94 Å². The van der Waals surface area contributed by atoms with E-state index < -0.39 is 28.3 Å². The molecule has 0 unspecified atom stereocenters. The smallest absolute Gasteiger partial charge is 0.367 e. The van der Waals surface area contributed by atoms with Crippen LogP contribution in [0.5, 0.6) is 0 Å². The molecule has 0 saturated carbocycles. The van der Waals surface area contributed by atoms with Gasteiger partial charge >= 0.3 is 7.94 Å². The molecule has 0 aromatic rings. The Balaban J connectivity index is 4.19. The van der Waals surface area contributed by atoms with Gasteiger partial charge in [-0.1, -0.05) is 6.92 Å². The van der Waals surface area contributed by atoms with Gasteiger partial charge in [-0.25, -0.2) is 0 Å². The van der Waals surface area contributed by atoms with Crippen LogP contribution in [0.2, 0.25) is 0 Å². The predicted molar refractivity (Wildman–Crippen MR) is 46.6 cm³/mol. The largest absolute Gasteiger partial charge is 0.418 e. The minimum Gasteiger partial charge on any atom is -0.367 e. The van der Waals surface area contributed by atoms with Crippen molar-refractivity contribution in [2.45, 2.75) is 13.3 Å². The average Bonchev–Trinajstić information content (AvgIpc) is 2.06. The minimum absolute atomic E-state index is 0.411. The van der Waals surface area contributed by atoms with Gasteiger partial charge in [-0.05, 0) is 6.42 Å². The first-order valence-electron chi connectivity index (χ1n) is 3.89. The first-order valence-corrected chi connectivity index (χ1v) is 5.61. The highest BCUT2D eigenvalue weighted by atomic mass is 31.2. The zero-order valence-corrected chi connectivity index (χ0v) is 8.44. The Morgan fingerprint density at radius 1 is 0.923 bits per heavy atom. The van der Waals surface area contributed by atoms with E-state index in [0.717, 1.165) is 0 Å². The number of aliphatic hydroxyl groups is 3. The second kappa shape index (κ2) is 7.58. The van der Waals surface area contributed by atoms with Crippen molar-refractivity contribution in [1.82, 2.24) is 0 Å². The van der Waals surface area contributed by atoms with Crippen LogP contribution in [0, 0.1) is 0 Å². The molecule has 3 N–H and O–H groups in total. The molecule has 0 heterocycles. The molecule has 0 rings (SSSR count). The van der Waals surface area contributed by atoms with E-state index in [9.17, 15) is 0 Å². The van der Waals surface area contributed by atoms with Crippen molar-refractivity contribution in [2.24, 2.45) is 0 Å². The van der Waals surface area contributed by atoms with Crippen LogP contribution in [-0.2, 0) is 13.6 Å². The van der Waals surface area contributed by atoms with E-state index >= 15 is 0 Å². The highest BCUT2D eigenvalue weighted by molar-refractivity contribution is 7.61. The van der Waals surface area contributed by atoms with E-state index in [-0.39, 0.29) is 0 Å². The Bertz CT molecular complexity index is 92.2. The van der Waals surface area contributed by atoms with Crippen molar-refractivity contribution in [3.8, 4) is 0 Å². The van der Waals surface area contributed by atoms with Crippen molar-refractivity contribution < 1.29 is 28.9 Å². The summed E-state index contributed by atoms with van der Waals surface area (Å²) in [6.07, 6.45) is 1.11. The highest BCUT2D eigenvalue weighted by Gasteiger charge is 2.44. The lowest BCUT2D eigenvalue weighted by atomic mass is 10.6. The molecule has 7 heteroatoms. The maximum atomic E-state index is 8.56. The molecule has 0 bridgehead atoms.